The van der Waals surface area contributed by atoms with Crippen LogP contribution in [0.1, 0.15) is 42.0 Å². The number of likely N-dealkylation sites (tertiary alicyclic amines) is 1. The van der Waals surface area contributed by atoms with Gasteiger partial charge >= 0.3 is 0 Å². The molecule has 0 N–H and O–H groups in total. The van der Waals surface area contributed by atoms with E-state index in [0.717, 1.165) is 48.3 Å². The topological polar surface area (TPSA) is 72.8 Å². The Morgan fingerprint density at radius 3 is 2.51 bits per heavy atom. The minimum absolute atomic E-state index is 0.00931. The molecule has 3 heterocycles. The van der Waals surface area contributed by atoms with Crippen LogP contribution in [0.3, 0.4) is 0 Å². The lowest BCUT2D eigenvalue weighted by molar-refractivity contribution is -0.186. The van der Waals surface area contributed by atoms with Crippen LogP contribution in [-0.2, 0) is 14.3 Å². The average molecular weight is 480 g/mol. The number of ether oxygens (including phenoxy) is 4. The van der Waals surface area contributed by atoms with Crippen LogP contribution in [0.25, 0.3) is 0 Å². The van der Waals surface area contributed by atoms with E-state index in [9.17, 15) is 4.79 Å². The molecule has 8 heteroatoms. The van der Waals surface area contributed by atoms with Crippen LogP contribution in [0.2, 0.25) is 0 Å². The van der Waals surface area contributed by atoms with Crippen LogP contribution in [0.4, 0.5) is 0 Å². The van der Waals surface area contributed by atoms with Gasteiger partial charge in [-0.05, 0) is 30.2 Å². The Hall–Kier alpha value is -2.94. The highest BCUT2D eigenvalue weighted by Gasteiger charge is 2.41. The third-order valence-corrected chi connectivity index (χ3v) is 7.22. The van der Waals surface area contributed by atoms with E-state index in [2.05, 4.69) is 24.0 Å². The highest BCUT2D eigenvalue weighted by molar-refractivity contribution is 6.05. The zero-order chi connectivity index (χ0) is 24.4. The van der Waals surface area contributed by atoms with Crippen molar-refractivity contribution in [2.75, 3.05) is 47.1 Å². The number of hydrazone groups is 1. The lowest BCUT2D eigenvalue weighted by Crippen LogP contribution is -2.48. The Balaban J connectivity index is 1.39. The molecular weight excluding hydrogens is 446 g/mol. The minimum Gasteiger partial charge on any atom is -0.497 e. The summed E-state index contributed by atoms with van der Waals surface area (Å²) in [4.78, 5) is 15.8. The van der Waals surface area contributed by atoms with Gasteiger partial charge in [-0.25, -0.2) is 5.01 Å². The predicted molar refractivity (Wildman–Crippen MR) is 132 cm³/mol. The van der Waals surface area contributed by atoms with Gasteiger partial charge in [0.1, 0.15) is 11.5 Å². The van der Waals surface area contributed by atoms with Gasteiger partial charge < -0.3 is 18.9 Å². The Kier molecular flexibility index (Phi) is 6.77. The molecule has 1 atom stereocenters. The zero-order valence-corrected chi connectivity index (χ0v) is 20.7. The van der Waals surface area contributed by atoms with Crippen molar-refractivity contribution in [2.45, 2.75) is 38.0 Å². The van der Waals surface area contributed by atoms with Gasteiger partial charge in [0.2, 0.25) is 0 Å². The third kappa shape index (κ3) is 4.78. The van der Waals surface area contributed by atoms with Crippen LogP contribution in [-0.4, -0.2) is 74.4 Å². The number of nitrogens with zero attached hydrogens (tertiary/aromatic N) is 3. The minimum atomic E-state index is -0.451. The van der Waals surface area contributed by atoms with Crippen LogP contribution in [0.15, 0.2) is 47.6 Å². The van der Waals surface area contributed by atoms with E-state index < -0.39 is 5.79 Å². The van der Waals surface area contributed by atoms with E-state index in [1.165, 1.54) is 0 Å². The molecule has 3 aliphatic heterocycles. The van der Waals surface area contributed by atoms with E-state index in [-0.39, 0.29) is 11.9 Å². The predicted octanol–water partition coefficient (Wildman–Crippen LogP) is 3.53. The summed E-state index contributed by atoms with van der Waals surface area (Å²) in [5.41, 5.74) is 3.95. The summed E-state index contributed by atoms with van der Waals surface area (Å²) in [5, 5.41) is 6.54. The molecule has 0 saturated carbocycles. The molecule has 1 amide bonds. The van der Waals surface area contributed by atoms with Crippen molar-refractivity contribution in [3.8, 4) is 11.5 Å². The van der Waals surface area contributed by atoms with Gasteiger partial charge in [-0.2, -0.15) is 5.10 Å². The number of amides is 1. The molecule has 186 valence electrons. The summed E-state index contributed by atoms with van der Waals surface area (Å²) in [6.07, 6.45) is 2.17. The number of hydrogen-bond acceptors (Lipinski definition) is 7. The maximum atomic E-state index is 13.6. The van der Waals surface area contributed by atoms with Crippen LogP contribution in [0, 0.1) is 6.92 Å². The number of methoxy groups -OCH3 is 2. The Labute approximate surface area is 206 Å². The second kappa shape index (κ2) is 9.97. The fourth-order valence-corrected chi connectivity index (χ4v) is 5.24. The molecule has 2 saturated heterocycles. The second-order valence-corrected chi connectivity index (χ2v) is 9.31. The second-order valence-electron chi connectivity index (χ2n) is 9.31. The summed E-state index contributed by atoms with van der Waals surface area (Å²) < 4.78 is 22.7. The number of hydrogen-bond donors (Lipinski definition) is 0. The van der Waals surface area contributed by atoms with Gasteiger partial charge in [0, 0.05) is 44.0 Å². The normalized spacial score (nSPS) is 21.9. The van der Waals surface area contributed by atoms with Crippen molar-refractivity contribution in [1.29, 1.82) is 0 Å². The summed E-state index contributed by atoms with van der Waals surface area (Å²) >= 11 is 0. The summed E-state index contributed by atoms with van der Waals surface area (Å²) in [6.45, 7) is 5.22. The Morgan fingerprint density at radius 1 is 1.09 bits per heavy atom. The molecule has 0 radical (unpaired) electrons. The molecule has 1 spiro atoms. The van der Waals surface area contributed by atoms with E-state index in [1.54, 1.807) is 19.2 Å². The maximum absolute atomic E-state index is 13.6. The lowest BCUT2D eigenvalue weighted by Gasteiger charge is -2.37. The van der Waals surface area contributed by atoms with Crippen LogP contribution < -0.4 is 9.47 Å². The van der Waals surface area contributed by atoms with Crippen LogP contribution in [0.5, 0.6) is 11.5 Å². The lowest BCUT2D eigenvalue weighted by atomic mass is 9.95. The van der Waals surface area contributed by atoms with Gasteiger partial charge in [0.25, 0.3) is 5.91 Å². The highest BCUT2D eigenvalue weighted by atomic mass is 16.7. The smallest absolute Gasteiger partial charge is 0.257 e. The van der Waals surface area contributed by atoms with Crippen LogP contribution >= 0.6 is 0 Å². The average Bonchev–Trinajstić information content (AvgIpc) is 3.53. The number of carbonyl (C=O) groups is 1. The fraction of sp³-hybridized carbons (Fsp3) is 0.481. The first-order valence-corrected chi connectivity index (χ1v) is 12.2. The van der Waals surface area contributed by atoms with Gasteiger partial charge in [-0.3, -0.25) is 9.69 Å². The standard InChI is InChI=1S/C27H33N3O5/c1-19-6-4-5-7-21(19)24-17-23(22-9-8-20(32-2)16-25(22)33-3)28-30(24)26(31)18-29-12-10-27(11-13-29)34-14-15-35-27/h4-9,16,24H,10-15,17-18H2,1-3H3. The first kappa shape index (κ1) is 23.8. The quantitative estimate of drug-likeness (QED) is 0.631. The van der Waals surface area contributed by atoms with Gasteiger partial charge in [0.05, 0.1) is 45.7 Å². The largest absolute Gasteiger partial charge is 0.497 e. The molecule has 0 aliphatic carbocycles. The highest BCUT2D eigenvalue weighted by Crippen LogP contribution is 2.38. The van der Waals surface area contributed by atoms with Gasteiger partial charge in [-0.15, -0.1) is 0 Å². The molecule has 3 aliphatic rings. The summed E-state index contributed by atoms with van der Waals surface area (Å²) in [6, 6.07) is 13.7. The molecule has 0 bridgehead atoms. The zero-order valence-electron chi connectivity index (χ0n) is 20.7. The van der Waals surface area contributed by atoms with Gasteiger partial charge in [0.15, 0.2) is 5.79 Å². The van der Waals surface area contributed by atoms with Crippen molar-refractivity contribution in [2.24, 2.45) is 5.10 Å². The molecule has 2 aromatic rings. The summed E-state index contributed by atoms with van der Waals surface area (Å²) in [5.74, 6) is 0.932. The van der Waals surface area contributed by atoms with Crippen molar-refractivity contribution in [3.05, 3.63) is 59.2 Å². The summed E-state index contributed by atoms with van der Waals surface area (Å²) in [7, 11) is 3.26. The Bertz CT molecular complexity index is 1100. The number of piperidine rings is 1. The van der Waals surface area contributed by atoms with E-state index in [1.807, 2.05) is 30.3 Å². The number of rotatable bonds is 6. The first-order valence-electron chi connectivity index (χ1n) is 12.2. The Morgan fingerprint density at radius 2 is 1.83 bits per heavy atom. The number of aryl methyl sites for hydroxylation is 1. The molecule has 2 aromatic carbocycles. The van der Waals surface area contributed by atoms with Gasteiger partial charge in [-0.1, -0.05) is 24.3 Å². The monoisotopic (exact) mass is 479 g/mol. The molecular formula is C27H33N3O5. The van der Waals surface area contributed by atoms with Crippen molar-refractivity contribution in [1.82, 2.24) is 9.91 Å². The molecule has 0 aromatic heterocycles. The van der Waals surface area contributed by atoms with Crippen molar-refractivity contribution >= 4 is 11.6 Å². The first-order chi connectivity index (χ1) is 17.0. The van der Waals surface area contributed by atoms with Crippen molar-refractivity contribution < 1.29 is 23.7 Å². The maximum Gasteiger partial charge on any atom is 0.257 e. The molecule has 1 unspecified atom stereocenters. The third-order valence-electron chi connectivity index (χ3n) is 7.22. The molecule has 5 rings (SSSR count). The van der Waals surface area contributed by atoms with E-state index >= 15 is 0 Å². The number of benzene rings is 2. The van der Waals surface area contributed by atoms with E-state index in [0.29, 0.717) is 37.7 Å². The molecule has 35 heavy (non-hydrogen) atoms. The molecule has 8 nitrogen and oxygen atoms in total. The van der Waals surface area contributed by atoms with Crippen molar-refractivity contribution in [3.63, 3.8) is 0 Å². The van der Waals surface area contributed by atoms with E-state index in [4.69, 9.17) is 24.0 Å². The number of carbonyl (C=O) groups excluding carboxylic acids is 1. The molecule has 2 fully saturated rings. The fourth-order valence-electron chi connectivity index (χ4n) is 5.24. The SMILES string of the molecule is COc1ccc(C2=NN(C(=O)CN3CCC4(CC3)OCCO4)C(c3ccccc3C)C2)c(OC)c1.